The third-order valence-electron chi connectivity index (χ3n) is 2.64. The molecule has 0 amide bonds. The summed E-state index contributed by atoms with van der Waals surface area (Å²) in [5, 5.41) is 0. The highest BCUT2D eigenvalue weighted by atomic mass is 16.5. The van der Waals surface area contributed by atoms with Gasteiger partial charge >= 0.3 is 0 Å². The highest BCUT2D eigenvalue weighted by molar-refractivity contribution is 6.09. The van der Waals surface area contributed by atoms with Gasteiger partial charge in [-0.2, -0.15) is 0 Å². The summed E-state index contributed by atoms with van der Waals surface area (Å²) in [5.41, 5.74) is 7.42. The number of ketones is 1. The zero-order valence-corrected chi connectivity index (χ0v) is 10.1. The quantitative estimate of drug-likeness (QED) is 0.830. The lowest BCUT2D eigenvalue weighted by Crippen LogP contribution is -2.05. The summed E-state index contributed by atoms with van der Waals surface area (Å²) >= 11 is 0. The van der Waals surface area contributed by atoms with Crippen molar-refractivity contribution in [2.75, 3.05) is 7.11 Å². The van der Waals surface area contributed by atoms with Crippen molar-refractivity contribution < 1.29 is 9.53 Å². The first-order valence-electron chi connectivity index (χ1n) is 5.58. The van der Waals surface area contributed by atoms with Crippen molar-refractivity contribution in [2.24, 2.45) is 5.73 Å². The standard InChI is InChI=1S/C14H14N2O2/c1-18-13-4-2-10(3-5-13)14(17)11-6-7-16-12(8-11)9-15/h2-8H,9,15H2,1H3. The molecule has 2 N–H and O–H groups in total. The third-order valence-corrected chi connectivity index (χ3v) is 2.64. The molecule has 1 heterocycles. The Bertz CT molecular complexity index is 550. The lowest BCUT2D eigenvalue weighted by molar-refractivity contribution is 0.103. The molecule has 2 rings (SSSR count). The Morgan fingerprint density at radius 1 is 1.22 bits per heavy atom. The van der Waals surface area contributed by atoms with E-state index >= 15 is 0 Å². The second kappa shape index (κ2) is 5.42. The van der Waals surface area contributed by atoms with Gasteiger partial charge in [-0.25, -0.2) is 0 Å². The van der Waals surface area contributed by atoms with Gasteiger partial charge in [0.05, 0.1) is 12.8 Å². The largest absolute Gasteiger partial charge is 0.497 e. The molecule has 4 heteroatoms. The van der Waals surface area contributed by atoms with Crippen molar-refractivity contribution >= 4 is 5.78 Å². The van der Waals surface area contributed by atoms with Crippen LogP contribution in [0.4, 0.5) is 0 Å². The van der Waals surface area contributed by atoms with Crippen LogP contribution in [0.25, 0.3) is 0 Å². The molecule has 2 aromatic rings. The van der Waals surface area contributed by atoms with Crippen LogP contribution in [-0.4, -0.2) is 17.9 Å². The minimum absolute atomic E-state index is 0.0465. The molecule has 92 valence electrons. The summed E-state index contributed by atoms with van der Waals surface area (Å²) in [6.45, 7) is 0.323. The van der Waals surface area contributed by atoms with Crippen molar-refractivity contribution in [3.63, 3.8) is 0 Å². The van der Waals surface area contributed by atoms with Crippen LogP contribution in [0.3, 0.4) is 0 Å². The van der Waals surface area contributed by atoms with Gasteiger partial charge in [0.15, 0.2) is 5.78 Å². The van der Waals surface area contributed by atoms with E-state index in [0.717, 1.165) is 5.75 Å². The molecule has 18 heavy (non-hydrogen) atoms. The molecule has 0 aliphatic rings. The molecule has 0 fully saturated rings. The van der Waals surface area contributed by atoms with Crippen LogP contribution in [0.5, 0.6) is 5.75 Å². The minimum atomic E-state index is -0.0465. The summed E-state index contributed by atoms with van der Waals surface area (Å²) in [7, 11) is 1.59. The lowest BCUT2D eigenvalue weighted by Gasteiger charge is -2.04. The maximum absolute atomic E-state index is 12.2. The van der Waals surface area contributed by atoms with Gasteiger partial charge in [0, 0.05) is 23.9 Å². The Kier molecular flexibility index (Phi) is 3.69. The van der Waals surface area contributed by atoms with E-state index in [1.807, 2.05) is 0 Å². The zero-order valence-electron chi connectivity index (χ0n) is 10.1. The molecule has 0 radical (unpaired) electrons. The van der Waals surface area contributed by atoms with Gasteiger partial charge in [-0.1, -0.05) is 0 Å². The molecule has 0 aliphatic carbocycles. The number of nitrogens with zero attached hydrogens (tertiary/aromatic N) is 1. The fraction of sp³-hybridized carbons (Fsp3) is 0.143. The topological polar surface area (TPSA) is 65.2 Å². The van der Waals surface area contributed by atoms with Crippen molar-refractivity contribution in [3.8, 4) is 5.75 Å². The molecule has 1 aromatic heterocycles. The van der Waals surface area contributed by atoms with E-state index in [4.69, 9.17) is 10.5 Å². The van der Waals surface area contributed by atoms with Crippen LogP contribution in [-0.2, 0) is 6.54 Å². The van der Waals surface area contributed by atoms with E-state index in [2.05, 4.69) is 4.98 Å². The van der Waals surface area contributed by atoms with Crippen molar-refractivity contribution in [1.82, 2.24) is 4.98 Å². The molecular weight excluding hydrogens is 228 g/mol. The van der Waals surface area contributed by atoms with Gasteiger partial charge < -0.3 is 10.5 Å². The number of aromatic nitrogens is 1. The monoisotopic (exact) mass is 242 g/mol. The van der Waals surface area contributed by atoms with Gasteiger partial charge in [-0.05, 0) is 36.4 Å². The SMILES string of the molecule is COc1ccc(C(=O)c2ccnc(CN)c2)cc1. The fourth-order valence-electron chi connectivity index (χ4n) is 1.64. The molecule has 0 atom stereocenters. The Labute approximate surface area is 105 Å². The molecule has 0 saturated heterocycles. The van der Waals surface area contributed by atoms with Crippen LogP contribution >= 0.6 is 0 Å². The first-order valence-corrected chi connectivity index (χ1v) is 5.58. The molecule has 0 spiro atoms. The first kappa shape index (κ1) is 12.3. The summed E-state index contributed by atoms with van der Waals surface area (Å²) in [5.74, 6) is 0.679. The Morgan fingerprint density at radius 3 is 2.56 bits per heavy atom. The number of ether oxygens (including phenoxy) is 1. The predicted molar refractivity (Wildman–Crippen MR) is 68.6 cm³/mol. The number of carbonyl (C=O) groups excluding carboxylic acids is 1. The number of methoxy groups -OCH3 is 1. The summed E-state index contributed by atoms with van der Waals surface area (Å²) in [4.78, 5) is 16.3. The van der Waals surface area contributed by atoms with Crippen LogP contribution in [0.2, 0.25) is 0 Å². The molecule has 0 bridgehead atoms. The van der Waals surface area contributed by atoms with Gasteiger partial charge in [0.1, 0.15) is 5.75 Å². The second-order valence-corrected chi connectivity index (χ2v) is 3.80. The van der Waals surface area contributed by atoms with E-state index in [9.17, 15) is 4.79 Å². The summed E-state index contributed by atoms with van der Waals surface area (Å²) in [6.07, 6.45) is 1.60. The highest BCUT2D eigenvalue weighted by Crippen LogP contribution is 2.15. The van der Waals surface area contributed by atoms with Crippen molar-refractivity contribution in [1.29, 1.82) is 0 Å². The van der Waals surface area contributed by atoms with E-state index < -0.39 is 0 Å². The average Bonchev–Trinajstić information content (AvgIpc) is 2.46. The van der Waals surface area contributed by atoms with Gasteiger partial charge in [-0.15, -0.1) is 0 Å². The zero-order chi connectivity index (χ0) is 13.0. The van der Waals surface area contributed by atoms with Gasteiger partial charge in [0.2, 0.25) is 0 Å². The molecule has 0 aliphatic heterocycles. The van der Waals surface area contributed by atoms with Crippen LogP contribution < -0.4 is 10.5 Å². The summed E-state index contributed by atoms with van der Waals surface area (Å²) < 4.78 is 5.05. The predicted octanol–water partition coefficient (Wildman–Crippen LogP) is 1.78. The van der Waals surface area contributed by atoms with Crippen molar-refractivity contribution in [3.05, 3.63) is 59.4 Å². The third kappa shape index (κ3) is 2.55. The van der Waals surface area contributed by atoms with Crippen molar-refractivity contribution in [2.45, 2.75) is 6.54 Å². The summed E-state index contributed by atoms with van der Waals surface area (Å²) in [6, 6.07) is 10.4. The average molecular weight is 242 g/mol. The fourth-order valence-corrected chi connectivity index (χ4v) is 1.64. The number of pyridine rings is 1. The van der Waals surface area contributed by atoms with Gasteiger partial charge in [0.25, 0.3) is 0 Å². The Hall–Kier alpha value is -2.20. The number of hydrogen-bond acceptors (Lipinski definition) is 4. The lowest BCUT2D eigenvalue weighted by atomic mass is 10.0. The Balaban J connectivity index is 2.29. The number of carbonyl (C=O) groups is 1. The minimum Gasteiger partial charge on any atom is -0.497 e. The van der Waals surface area contributed by atoms with Gasteiger partial charge in [-0.3, -0.25) is 9.78 Å². The maximum atomic E-state index is 12.2. The van der Waals surface area contributed by atoms with E-state index in [1.54, 1.807) is 49.7 Å². The second-order valence-electron chi connectivity index (χ2n) is 3.80. The smallest absolute Gasteiger partial charge is 0.193 e. The first-order chi connectivity index (χ1) is 8.74. The highest BCUT2D eigenvalue weighted by Gasteiger charge is 2.09. The van der Waals surface area contributed by atoms with E-state index in [-0.39, 0.29) is 5.78 Å². The number of nitrogens with two attached hydrogens (primary N) is 1. The number of benzene rings is 1. The molecule has 1 aromatic carbocycles. The Morgan fingerprint density at radius 2 is 1.94 bits per heavy atom. The normalized spacial score (nSPS) is 10.1. The van der Waals surface area contributed by atoms with Crippen LogP contribution in [0.15, 0.2) is 42.6 Å². The molecule has 0 saturated carbocycles. The van der Waals surface area contributed by atoms with Crippen LogP contribution in [0, 0.1) is 0 Å². The van der Waals surface area contributed by atoms with E-state index in [0.29, 0.717) is 23.4 Å². The number of hydrogen-bond donors (Lipinski definition) is 1. The number of rotatable bonds is 4. The molecule has 4 nitrogen and oxygen atoms in total. The maximum Gasteiger partial charge on any atom is 0.193 e. The van der Waals surface area contributed by atoms with E-state index in [1.165, 1.54) is 0 Å². The van der Waals surface area contributed by atoms with Crippen LogP contribution in [0.1, 0.15) is 21.6 Å². The molecule has 0 unspecified atom stereocenters. The molecular formula is C14H14N2O2.